The molecule has 0 radical (unpaired) electrons. The number of hydrogen-bond acceptors (Lipinski definition) is 4. The second-order valence-electron chi connectivity index (χ2n) is 4.78. The predicted octanol–water partition coefficient (Wildman–Crippen LogP) is 2.19. The number of rotatable bonds is 3. The van der Waals surface area contributed by atoms with E-state index < -0.39 is 11.8 Å². The lowest BCUT2D eigenvalue weighted by molar-refractivity contribution is -0.146. The van der Waals surface area contributed by atoms with Gasteiger partial charge in [-0.2, -0.15) is 0 Å². The molecule has 0 spiro atoms. The van der Waals surface area contributed by atoms with E-state index in [2.05, 4.69) is 0 Å². The zero-order chi connectivity index (χ0) is 15.1. The number of ether oxygens (including phenoxy) is 1. The molecule has 2 heterocycles. The summed E-state index contributed by atoms with van der Waals surface area (Å²) >= 11 is 1.46. The molecule has 0 aliphatic carbocycles. The smallest absolute Gasteiger partial charge is 0.356 e. The van der Waals surface area contributed by atoms with Crippen LogP contribution in [0.3, 0.4) is 0 Å². The fraction of sp³-hybridized carbons (Fsp3) is 0.286. The monoisotopic (exact) mass is 309 g/mol. The van der Waals surface area contributed by atoms with Crippen molar-refractivity contribution in [2.75, 3.05) is 0 Å². The van der Waals surface area contributed by atoms with E-state index in [4.69, 9.17) is 4.74 Å². The van der Waals surface area contributed by atoms with E-state index in [9.17, 15) is 19.1 Å². The molecule has 110 valence electrons. The number of aliphatic carboxylic acids is 1. The van der Waals surface area contributed by atoms with E-state index in [0.29, 0.717) is 6.42 Å². The van der Waals surface area contributed by atoms with Crippen molar-refractivity contribution in [2.24, 2.45) is 0 Å². The normalized spacial score (nSPS) is 24.5. The van der Waals surface area contributed by atoms with Crippen molar-refractivity contribution in [1.82, 2.24) is 4.90 Å². The minimum absolute atomic E-state index is 0.147. The third-order valence-electron chi connectivity index (χ3n) is 3.34. The highest BCUT2D eigenvalue weighted by molar-refractivity contribution is 8.00. The Balaban J connectivity index is 2.00. The largest absolute Gasteiger partial charge is 0.476 e. The molecule has 1 saturated heterocycles. The Hall–Kier alpha value is -2.02. The van der Waals surface area contributed by atoms with Crippen LogP contribution in [0.15, 0.2) is 35.7 Å². The average Bonchev–Trinajstić information content (AvgIpc) is 2.40. The van der Waals surface area contributed by atoms with E-state index in [1.54, 1.807) is 0 Å². The van der Waals surface area contributed by atoms with Gasteiger partial charge < -0.3 is 9.84 Å². The maximum absolute atomic E-state index is 13.2. The zero-order valence-electron chi connectivity index (χ0n) is 11.1. The highest BCUT2D eigenvalue weighted by atomic mass is 32.2. The standard InChI is InChI=1S/C14H12FNO4S/c1-7-13(20-9-4-2-3-8(15)5-9)12(14(18)19)16-10(17)6-11(16)21-7/h2-5,7,11H,6H2,1H3,(H,18,19)/t7?,11-/m1/s1. The van der Waals surface area contributed by atoms with Crippen LogP contribution in [0.4, 0.5) is 4.39 Å². The van der Waals surface area contributed by atoms with Crippen molar-refractivity contribution < 1.29 is 23.8 Å². The number of carboxylic acid groups (broad SMARTS) is 1. The molecule has 1 fully saturated rings. The molecule has 5 nitrogen and oxygen atoms in total. The van der Waals surface area contributed by atoms with Crippen LogP contribution < -0.4 is 4.74 Å². The van der Waals surface area contributed by atoms with Gasteiger partial charge in [-0.1, -0.05) is 6.07 Å². The molecule has 7 heteroatoms. The molecular formula is C14H12FNO4S. The number of β-lactam (4-membered cyclic amide) rings is 1. The van der Waals surface area contributed by atoms with Crippen LogP contribution >= 0.6 is 11.8 Å². The molecule has 0 bridgehead atoms. The lowest BCUT2D eigenvalue weighted by Gasteiger charge is -2.45. The zero-order valence-corrected chi connectivity index (χ0v) is 11.9. The molecule has 2 aliphatic heterocycles. The maximum Gasteiger partial charge on any atom is 0.356 e. The Morgan fingerprint density at radius 3 is 2.90 bits per heavy atom. The predicted molar refractivity (Wildman–Crippen MR) is 74.0 cm³/mol. The number of hydrogen-bond donors (Lipinski definition) is 1. The molecule has 21 heavy (non-hydrogen) atoms. The number of carbonyl (C=O) groups is 2. The minimum atomic E-state index is -1.22. The van der Waals surface area contributed by atoms with Crippen molar-refractivity contribution in [3.63, 3.8) is 0 Å². The molecule has 1 N–H and O–H groups in total. The topological polar surface area (TPSA) is 66.8 Å². The number of fused-ring (bicyclic) bond motifs is 1. The van der Waals surface area contributed by atoms with Crippen molar-refractivity contribution in [2.45, 2.75) is 24.0 Å². The Morgan fingerprint density at radius 2 is 2.29 bits per heavy atom. The van der Waals surface area contributed by atoms with Gasteiger partial charge in [-0.25, -0.2) is 9.18 Å². The second kappa shape index (κ2) is 5.07. The summed E-state index contributed by atoms with van der Waals surface area (Å²) in [7, 11) is 0. The van der Waals surface area contributed by atoms with Crippen molar-refractivity contribution in [3.8, 4) is 5.75 Å². The van der Waals surface area contributed by atoms with Gasteiger partial charge in [0.2, 0.25) is 5.91 Å². The third kappa shape index (κ3) is 2.37. The summed E-state index contributed by atoms with van der Waals surface area (Å²) in [5, 5.41) is 9.00. The third-order valence-corrected chi connectivity index (χ3v) is 4.65. The SMILES string of the molecule is CC1S[C@@H]2CC(=O)N2C(C(=O)O)=C1Oc1cccc(F)c1. The van der Waals surface area contributed by atoms with E-state index in [1.165, 1.54) is 40.9 Å². The number of thioether (sulfide) groups is 1. The summed E-state index contributed by atoms with van der Waals surface area (Å²) in [6.07, 6.45) is 0.332. The summed E-state index contributed by atoms with van der Waals surface area (Å²) < 4.78 is 18.8. The maximum atomic E-state index is 13.2. The molecular weight excluding hydrogens is 297 g/mol. The summed E-state index contributed by atoms with van der Waals surface area (Å²) in [6, 6.07) is 5.46. The van der Waals surface area contributed by atoms with Crippen molar-refractivity contribution in [1.29, 1.82) is 0 Å². The van der Waals surface area contributed by atoms with Gasteiger partial charge in [0.15, 0.2) is 5.70 Å². The molecule has 1 amide bonds. The number of carbonyl (C=O) groups excluding carboxylic acids is 1. The number of halogens is 1. The van der Waals surface area contributed by atoms with Gasteiger partial charge in [-0.15, -0.1) is 11.8 Å². The highest BCUT2D eigenvalue weighted by Crippen LogP contribution is 2.44. The van der Waals surface area contributed by atoms with Crippen LogP contribution in [-0.4, -0.2) is 32.5 Å². The number of amides is 1. The summed E-state index contributed by atoms with van der Waals surface area (Å²) in [5.74, 6) is -1.55. The number of benzene rings is 1. The summed E-state index contributed by atoms with van der Waals surface area (Å²) in [5.41, 5.74) is -0.147. The van der Waals surface area contributed by atoms with Gasteiger partial charge in [-0.05, 0) is 19.1 Å². The fourth-order valence-corrected chi connectivity index (χ4v) is 3.71. The van der Waals surface area contributed by atoms with E-state index in [-0.39, 0.29) is 33.7 Å². The quantitative estimate of drug-likeness (QED) is 0.867. The van der Waals surface area contributed by atoms with Gasteiger partial charge in [0.25, 0.3) is 0 Å². The number of carboxylic acids is 1. The first kappa shape index (κ1) is 13.9. The first-order valence-corrected chi connectivity index (χ1v) is 7.30. The average molecular weight is 309 g/mol. The lowest BCUT2D eigenvalue weighted by atomic mass is 10.1. The van der Waals surface area contributed by atoms with Crippen LogP contribution in [0, 0.1) is 5.82 Å². The molecule has 2 aliphatic rings. The molecule has 0 saturated carbocycles. The summed E-state index contributed by atoms with van der Waals surface area (Å²) in [6.45, 7) is 1.81. The van der Waals surface area contributed by atoms with Crippen molar-refractivity contribution in [3.05, 3.63) is 41.5 Å². The molecule has 1 unspecified atom stereocenters. The molecule has 1 aromatic rings. The van der Waals surface area contributed by atoms with Crippen LogP contribution in [0.1, 0.15) is 13.3 Å². The Bertz CT molecular complexity index is 660. The first-order valence-electron chi connectivity index (χ1n) is 6.36. The summed E-state index contributed by atoms with van der Waals surface area (Å²) in [4.78, 5) is 24.4. The number of nitrogens with zero attached hydrogens (tertiary/aromatic N) is 1. The van der Waals surface area contributed by atoms with Crippen LogP contribution in [0.25, 0.3) is 0 Å². The minimum Gasteiger partial charge on any atom is -0.476 e. The molecule has 2 atom stereocenters. The molecule has 0 aromatic heterocycles. The highest BCUT2D eigenvalue weighted by Gasteiger charge is 2.48. The van der Waals surface area contributed by atoms with E-state index in [1.807, 2.05) is 6.92 Å². The Labute approximate surface area is 124 Å². The molecule has 1 aromatic carbocycles. The van der Waals surface area contributed by atoms with Gasteiger partial charge in [0.05, 0.1) is 17.0 Å². The van der Waals surface area contributed by atoms with Crippen LogP contribution in [-0.2, 0) is 9.59 Å². The second-order valence-corrected chi connectivity index (χ2v) is 6.30. The van der Waals surface area contributed by atoms with Crippen molar-refractivity contribution >= 4 is 23.6 Å². The lowest BCUT2D eigenvalue weighted by Crippen LogP contribution is -2.55. The van der Waals surface area contributed by atoms with Gasteiger partial charge in [0, 0.05) is 6.07 Å². The van der Waals surface area contributed by atoms with Gasteiger partial charge in [-0.3, -0.25) is 9.69 Å². The Kier molecular flexibility index (Phi) is 3.36. The van der Waals surface area contributed by atoms with Gasteiger partial charge in [0.1, 0.15) is 17.3 Å². The van der Waals surface area contributed by atoms with Crippen LogP contribution in [0.5, 0.6) is 5.75 Å². The molecule has 3 rings (SSSR count). The van der Waals surface area contributed by atoms with E-state index in [0.717, 1.165) is 0 Å². The first-order chi connectivity index (χ1) is 9.97. The fourth-order valence-electron chi connectivity index (χ4n) is 2.37. The Morgan fingerprint density at radius 1 is 1.52 bits per heavy atom. The van der Waals surface area contributed by atoms with E-state index >= 15 is 0 Å². The van der Waals surface area contributed by atoms with Crippen LogP contribution in [0.2, 0.25) is 0 Å². The van der Waals surface area contributed by atoms with Gasteiger partial charge >= 0.3 is 5.97 Å².